The van der Waals surface area contributed by atoms with Gasteiger partial charge in [-0.15, -0.1) is 0 Å². The molecule has 3 aromatic carbocycles. The number of aliphatic hydroxyl groups is 4. The van der Waals surface area contributed by atoms with Crippen molar-refractivity contribution in [1.29, 1.82) is 0 Å². The van der Waals surface area contributed by atoms with Gasteiger partial charge >= 0.3 is 5.97 Å². The van der Waals surface area contributed by atoms with Gasteiger partial charge in [-0.3, -0.25) is 9.79 Å². The van der Waals surface area contributed by atoms with Crippen molar-refractivity contribution in [2.75, 3.05) is 26.2 Å². The molecule has 0 amide bonds. The van der Waals surface area contributed by atoms with E-state index in [1.807, 2.05) is 12.2 Å². The lowest BCUT2D eigenvalue weighted by Crippen LogP contribution is -2.59. The highest BCUT2D eigenvalue weighted by Gasteiger charge is 2.47. The fraction of sp³-hybridized carbons (Fsp3) is 0.593. The molecule has 2 fully saturated rings. The molecule has 388 valence electrons. The summed E-state index contributed by atoms with van der Waals surface area (Å²) in [5.41, 5.74) is 12.6. The van der Waals surface area contributed by atoms with Gasteiger partial charge in [0.05, 0.1) is 23.7 Å². The molecular weight excluding hydrogens is 907 g/mol. The summed E-state index contributed by atoms with van der Waals surface area (Å²) in [6.45, 7) is 6.12. The first-order chi connectivity index (χ1) is 34.7. The zero-order chi connectivity index (χ0) is 50.4. The van der Waals surface area contributed by atoms with Crippen LogP contribution < -0.4 is 26.4 Å². The summed E-state index contributed by atoms with van der Waals surface area (Å²) in [6, 6.07) is 18.5. The molecule has 72 heavy (non-hydrogen) atoms. The minimum Gasteiger partial charge on any atom is -0.504 e. The Bertz CT molecular complexity index is 2500. The molecule has 0 unspecified atom stereocenters. The largest absolute Gasteiger partial charge is 0.504 e. The number of guanidine groups is 1. The number of hydrogen-bond acceptors (Lipinski definition) is 13. The minimum absolute atomic E-state index is 0.0259. The number of aliphatic imine (C=N–C) groups is 1. The number of aliphatic hydroxyl groups excluding tert-OH is 3. The molecule has 0 aromatic heterocycles. The van der Waals surface area contributed by atoms with Crippen LogP contribution in [0.4, 0.5) is 0 Å². The van der Waals surface area contributed by atoms with Crippen LogP contribution in [0.5, 0.6) is 11.5 Å². The Hall–Kier alpha value is -4.94. The molecule has 1 saturated heterocycles. The molecular formula is C59H79N5O8. The Labute approximate surface area is 426 Å². The number of phenols is 1. The lowest BCUT2D eigenvalue weighted by molar-refractivity contribution is -0.152. The van der Waals surface area contributed by atoms with Crippen LogP contribution >= 0.6 is 0 Å². The second-order valence-electron chi connectivity index (χ2n) is 22.3. The number of aryl methyl sites for hydroxylation is 1. The summed E-state index contributed by atoms with van der Waals surface area (Å²) in [4.78, 5) is 18.1. The van der Waals surface area contributed by atoms with E-state index in [-0.39, 0.29) is 59.8 Å². The number of nitrogens with zero attached hydrogens (tertiary/aromatic N) is 1. The van der Waals surface area contributed by atoms with Crippen LogP contribution in [-0.2, 0) is 28.8 Å². The van der Waals surface area contributed by atoms with Gasteiger partial charge in [-0.25, -0.2) is 0 Å². The third kappa shape index (κ3) is 12.3. The third-order valence-electron chi connectivity index (χ3n) is 17.0. The topological polar surface area (TPSA) is 211 Å². The van der Waals surface area contributed by atoms with Crippen molar-refractivity contribution in [2.45, 2.75) is 177 Å². The molecule has 10 atom stereocenters. The molecule has 3 aliphatic heterocycles. The van der Waals surface area contributed by atoms with Crippen molar-refractivity contribution >= 4 is 11.9 Å². The molecule has 1 saturated carbocycles. The van der Waals surface area contributed by atoms with Crippen LogP contribution in [0.2, 0.25) is 0 Å². The van der Waals surface area contributed by atoms with E-state index in [0.29, 0.717) is 63.2 Å². The molecule has 2 spiro atoms. The van der Waals surface area contributed by atoms with E-state index in [0.717, 1.165) is 32.2 Å². The first-order valence-corrected chi connectivity index (χ1v) is 27.1. The number of carbonyl (C=O) groups is 1. The lowest BCUT2D eigenvalue weighted by Gasteiger charge is -2.43. The van der Waals surface area contributed by atoms with E-state index < -0.39 is 53.9 Å². The molecule has 3 aromatic rings. The van der Waals surface area contributed by atoms with Crippen LogP contribution in [0.25, 0.3) is 0 Å². The number of nitrogens with two attached hydrogens (primary N) is 1. The first kappa shape index (κ1) is 51.9. The predicted octanol–water partition coefficient (Wildman–Crippen LogP) is 6.79. The number of rotatable bonds is 5. The predicted molar refractivity (Wildman–Crippen MR) is 279 cm³/mol. The number of carbonyl (C=O) groups excluding carboxylic acids is 1. The molecule has 3 aliphatic carbocycles. The highest BCUT2D eigenvalue weighted by Crippen LogP contribution is 2.44. The number of ether oxygens (including phenoxy) is 2. The first-order valence-electron chi connectivity index (χ1n) is 27.1. The molecule has 10 N–H and O–H groups in total. The maximum atomic E-state index is 13.0. The van der Waals surface area contributed by atoms with E-state index in [4.69, 9.17) is 20.2 Å². The molecule has 13 heteroatoms. The number of aromatic hydroxyl groups is 1. The molecule has 9 rings (SSSR count). The molecule has 6 aliphatic rings. The average molecular weight is 986 g/mol. The quantitative estimate of drug-likeness (QED) is 0.0560. The number of nitrogens with one attached hydrogen (secondary N) is 3. The third-order valence-corrected chi connectivity index (χ3v) is 17.0. The highest BCUT2D eigenvalue weighted by molar-refractivity contribution is 5.78. The van der Waals surface area contributed by atoms with E-state index in [9.17, 15) is 30.3 Å². The zero-order valence-corrected chi connectivity index (χ0v) is 42.5. The standard InChI is InChI=1S/C59H79N5O8/c1-37-25-40(28-44(26-37)41-10-4-3-5-11-41)29-46-35-62-57(60)64-54-14-7-15-55(68)59(54)21-16-42-13-8-20-58(36-61-23-18-39-9-6-12-43(46)27-39)34-48(19-24-63-58)72-53-31-45(50(56(69)70)33-51(53)67)30-49(42)52(71-38(2)65)32-47(66)17-22-59/h6-7,9,12,14,25-28,31,33,41-42,46-49,52,54-56,61,63,66-70H,3-5,8,10-11,13,15,17-20,22-24,29-30,32,34-36H2,1-2H3,(H3,60,62,64)/t42-,46-,47-,48+,49+,52-,54+,55+,58-,59-/m0/s1. The van der Waals surface area contributed by atoms with Crippen molar-refractivity contribution in [3.8, 4) is 23.3 Å². The van der Waals surface area contributed by atoms with Crippen LogP contribution in [0.15, 0.2) is 71.7 Å². The van der Waals surface area contributed by atoms with E-state index >= 15 is 0 Å². The number of benzene rings is 3. The van der Waals surface area contributed by atoms with Crippen molar-refractivity contribution in [3.63, 3.8) is 0 Å². The normalized spacial score (nSPS) is 31.7. The Morgan fingerprint density at radius 3 is 2.65 bits per heavy atom. The van der Waals surface area contributed by atoms with Crippen LogP contribution in [0.1, 0.15) is 154 Å². The fourth-order valence-electron chi connectivity index (χ4n) is 13.2. The summed E-state index contributed by atoms with van der Waals surface area (Å²) in [5.74, 6) is 6.80. The van der Waals surface area contributed by atoms with Crippen LogP contribution in [0.3, 0.4) is 0 Å². The monoisotopic (exact) mass is 986 g/mol. The van der Waals surface area contributed by atoms with Crippen LogP contribution in [0, 0.1) is 36.0 Å². The number of esters is 1. The number of hydrogen-bond donors (Lipinski definition) is 9. The Morgan fingerprint density at radius 1 is 0.986 bits per heavy atom. The SMILES string of the molecule is CC(=O)O[C@H]1C[C@@H](O)CC[C@@]23C#C[C@@H]4CCC[C@@]5(CNCCc6cccc(c6)[C@@H](Cc6cc(C)cc(C7CCCCC7)c6)CN=C(N)N[C@@H]2C=CC[C@H]3O)C[C@@H](CCN5)Oc2cc(c(C(O)O)cc2O)C[C@H]41. The van der Waals surface area contributed by atoms with Gasteiger partial charge in [0.1, 0.15) is 12.2 Å². The Morgan fingerprint density at radius 2 is 1.83 bits per heavy atom. The fourth-order valence-corrected chi connectivity index (χ4v) is 13.2. The summed E-state index contributed by atoms with van der Waals surface area (Å²) in [7, 11) is 0. The van der Waals surface area contributed by atoms with Gasteiger partial charge in [-0.2, -0.15) is 0 Å². The van der Waals surface area contributed by atoms with E-state index in [1.54, 1.807) is 6.07 Å². The lowest BCUT2D eigenvalue weighted by atomic mass is 9.66. The molecule has 3 heterocycles. The summed E-state index contributed by atoms with van der Waals surface area (Å²) in [6.07, 6.45) is 11.8. The van der Waals surface area contributed by atoms with Gasteiger partial charge in [0.15, 0.2) is 23.7 Å². The molecule has 8 bridgehead atoms. The summed E-state index contributed by atoms with van der Waals surface area (Å²) < 4.78 is 12.8. The van der Waals surface area contributed by atoms with Crippen molar-refractivity contribution in [1.82, 2.24) is 16.0 Å². The highest BCUT2D eigenvalue weighted by atomic mass is 16.5. The smallest absolute Gasteiger partial charge is 0.302 e. The average Bonchev–Trinajstić information content (AvgIpc) is 3.35. The van der Waals surface area contributed by atoms with Gasteiger partial charge in [0, 0.05) is 61.7 Å². The summed E-state index contributed by atoms with van der Waals surface area (Å²) >= 11 is 0. The summed E-state index contributed by atoms with van der Waals surface area (Å²) in [5, 5.41) is 68.4. The maximum Gasteiger partial charge on any atom is 0.302 e. The van der Waals surface area contributed by atoms with Gasteiger partial charge in [-0.05, 0) is 137 Å². The van der Waals surface area contributed by atoms with Gasteiger partial charge in [0.25, 0.3) is 0 Å². The number of piperidine rings is 1. The van der Waals surface area contributed by atoms with Gasteiger partial charge in [0.2, 0.25) is 0 Å². The Kier molecular flexibility index (Phi) is 16.7. The Balaban J connectivity index is 1.15. The van der Waals surface area contributed by atoms with Gasteiger partial charge < -0.3 is 56.7 Å². The minimum atomic E-state index is -1.92. The molecule has 0 radical (unpaired) electrons. The number of phenolic OH excluding ortho intramolecular Hbond substituents is 1. The zero-order valence-electron chi connectivity index (χ0n) is 42.5. The second-order valence-corrected chi connectivity index (χ2v) is 22.3. The van der Waals surface area contributed by atoms with E-state index in [2.05, 4.69) is 77.2 Å². The van der Waals surface area contributed by atoms with Crippen molar-refractivity contribution in [3.05, 3.63) is 106 Å². The second kappa shape index (κ2) is 23.1. The molecule has 13 nitrogen and oxygen atoms in total. The number of fused-ring (bicyclic) bond motifs is 7. The van der Waals surface area contributed by atoms with Crippen LogP contribution in [-0.4, -0.2) is 99.6 Å². The van der Waals surface area contributed by atoms with Gasteiger partial charge in [-0.1, -0.05) is 97.7 Å². The van der Waals surface area contributed by atoms with Crippen molar-refractivity contribution < 1.29 is 39.8 Å². The van der Waals surface area contributed by atoms with Crippen molar-refractivity contribution in [2.24, 2.45) is 28.0 Å². The maximum absolute atomic E-state index is 13.0. The van der Waals surface area contributed by atoms with E-state index in [1.165, 1.54) is 72.9 Å².